The quantitative estimate of drug-likeness (QED) is 0.389. The summed E-state index contributed by atoms with van der Waals surface area (Å²) in [6, 6.07) is 10.8. The summed E-state index contributed by atoms with van der Waals surface area (Å²) in [5.74, 6) is -2.25. The Bertz CT molecular complexity index is 1230. The normalized spacial score (nSPS) is 12.6. The lowest BCUT2D eigenvalue weighted by molar-refractivity contribution is -0.134. The monoisotopic (exact) mass is 463 g/mol. The molecule has 0 saturated carbocycles. The van der Waals surface area contributed by atoms with Gasteiger partial charge in [0, 0.05) is 22.9 Å². The Labute approximate surface area is 182 Å². The number of carbonyl (C=O) groups is 1. The number of esters is 1. The van der Waals surface area contributed by atoms with Crippen LogP contribution in [-0.4, -0.2) is 26.5 Å². The largest absolute Gasteiger partial charge is 0.466 e. The van der Waals surface area contributed by atoms with Crippen molar-refractivity contribution in [2.24, 2.45) is 0 Å². The molecule has 0 aliphatic carbocycles. The zero-order chi connectivity index (χ0) is 22.6. The van der Waals surface area contributed by atoms with E-state index in [9.17, 15) is 22.0 Å². The van der Waals surface area contributed by atoms with Gasteiger partial charge in [0.15, 0.2) is 9.84 Å². The number of nitrogens with zero attached hydrogens (tertiary/aromatic N) is 1. The molecule has 0 aliphatic heterocycles. The van der Waals surface area contributed by atoms with Crippen molar-refractivity contribution in [1.29, 1.82) is 0 Å². The number of pyridine rings is 1. The van der Waals surface area contributed by atoms with E-state index in [-0.39, 0.29) is 16.2 Å². The minimum atomic E-state index is -4.23. The molecule has 0 radical (unpaired) electrons. The first-order valence-electron chi connectivity index (χ1n) is 8.89. The first kappa shape index (κ1) is 22.6. The van der Waals surface area contributed by atoms with E-state index in [4.69, 9.17) is 11.6 Å². The van der Waals surface area contributed by atoms with Crippen LogP contribution in [0.3, 0.4) is 0 Å². The standard InChI is InChI=1S/C22H16ClF2NO4S/c1-30-21(27)11-3-14-2-10-20(26-13-14)22(18-12-16(24)6-9-19(18)25)31(28,29)17-7-4-15(23)5-8-17/h2-13,22H,1H3/b11-3+. The maximum Gasteiger partial charge on any atom is 0.330 e. The molecule has 0 saturated heterocycles. The summed E-state index contributed by atoms with van der Waals surface area (Å²) < 4.78 is 59.8. The van der Waals surface area contributed by atoms with Gasteiger partial charge in [0.1, 0.15) is 16.9 Å². The smallest absolute Gasteiger partial charge is 0.330 e. The highest BCUT2D eigenvalue weighted by molar-refractivity contribution is 7.91. The van der Waals surface area contributed by atoms with Crippen LogP contribution in [0.25, 0.3) is 6.08 Å². The number of hydrogen-bond donors (Lipinski definition) is 0. The third-order valence-corrected chi connectivity index (χ3v) is 6.68. The van der Waals surface area contributed by atoms with Gasteiger partial charge in [0.25, 0.3) is 0 Å². The van der Waals surface area contributed by atoms with Crippen LogP contribution in [0.15, 0.2) is 71.8 Å². The number of aromatic nitrogens is 1. The summed E-state index contributed by atoms with van der Waals surface area (Å²) in [6.07, 6.45) is 3.91. The van der Waals surface area contributed by atoms with E-state index in [1.54, 1.807) is 0 Å². The third kappa shape index (κ3) is 5.15. The summed E-state index contributed by atoms with van der Waals surface area (Å²) in [4.78, 5) is 15.3. The Balaban J connectivity index is 2.13. The highest BCUT2D eigenvalue weighted by atomic mass is 35.5. The molecular formula is C22H16ClF2NO4S. The van der Waals surface area contributed by atoms with Crippen molar-refractivity contribution in [2.45, 2.75) is 10.1 Å². The molecule has 0 N–H and O–H groups in total. The SMILES string of the molecule is COC(=O)/C=C/c1ccc(C(c2cc(F)ccc2F)S(=O)(=O)c2ccc(Cl)cc2)nc1. The minimum absolute atomic E-state index is 0.0188. The molecule has 3 aromatic rings. The average molecular weight is 464 g/mol. The van der Waals surface area contributed by atoms with Crippen LogP contribution >= 0.6 is 11.6 Å². The van der Waals surface area contributed by atoms with Gasteiger partial charge in [-0.15, -0.1) is 0 Å². The number of carbonyl (C=O) groups excluding carboxylic acids is 1. The van der Waals surface area contributed by atoms with E-state index in [0.29, 0.717) is 10.6 Å². The van der Waals surface area contributed by atoms with Crippen LogP contribution in [-0.2, 0) is 19.4 Å². The molecule has 160 valence electrons. The second-order valence-corrected chi connectivity index (χ2v) is 8.89. The van der Waals surface area contributed by atoms with Crippen molar-refractivity contribution in [3.8, 4) is 0 Å². The van der Waals surface area contributed by atoms with Crippen LogP contribution in [0.5, 0.6) is 0 Å². The molecule has 3 rings (SSSR count). The minimum Gasteiger partial charge on any atom is -0.466 e. The number of halogens is 3. The molecule has 1 heterocycles. The van der Waals surface area contributed by atoms with Gasteiger partial charge in [-0.1, -0.05) is 17.7 Å². The first-order chi connectivity index (χ1) is 14.7. The number of benzene rings is 2. The van der Waals surface area contributed by atoms with Gasteiger partial charge in [-0.3, -0.25) is 4.98 Å². The number of hydrogen-bond acceptors (Lipinski definition) is 5. The van der Waals surface area contributed by atoms with Crippen molar-refractivity contribution in [3.05, 3.63) is 100 Å². The van der Waals surface area contributed by atoms with Gasteiger partial charge >= 0.3 is 5.97 Å². The second-order valence-electron chi connectivity index (χ2n) is 6.42. The van der Waals surface area contributed by atoms with Crippen LogP contribution in [0.1, 0.15) is 22.1 Å². The van der Waals surface area contributed by atoms with E-state index in [0.717, 1.165) is 18.2 Å². The van der Waals surface area contributed by atoms with Gasteiger partial charge in [-0.05, 0) is 60.2 Å². The summed E-state index contributed by atoms with van der Waals surface area (Å²) >= 11 is 5.85. The fourth-order valence-electron chi connectivity index (χ4n) is 2.86. The molecule has 1 aromatic heterocycles. The van der Waals surface area contributed by atoms with E-state index in [2.05, 4.69) is 9.72 Å². The molecular weight excluding hydrogens is 448 g/mol. The van der Waals surface area contributed by atoms with Crippen molar-refractivity contribution < 1.29 is 26.7 Å². The summed E-state index contributed by atoms with van der Waals surface area (Å²) in [5.41, 5.74) is 0.0893. The van der Waals surface area contributed by atoms with E-state index >= 15 is 0 Å². The highest BCUT2D eigenvalue weighted by Crippen LogP contribution is 2.36. The van der Waals surface area contributed by atoms with Crippen molar-refractivity contribution >= 4 is 33.5 Å². The summed E-state index contributed by atoms with van der Waals surface area (Å²) in [7, 11) is -3.00. The molecule has 0 bridgehead atoms. The van der Waals surface area contributed by atoms with Crippen molar-refractivity contribution in [3.63, 3.8) is 0 Å². The van der Waals surface area contributed by atoms with Gasteiger partial charge < -0.3 is 4.74 Å². The fourth-order valence-corrected chi connectivity index (χ4v) is 4.75. The maximum atomic E-state index is 14.6. The van der Waals surface area contributed by atoms with Gasteiger partial charge in [0.05, 0.1) is 17.7 Å². The number of rotatable bonds is 6. The molecule has 1 atom stereocenters. The summed E-state index contributed by atoms with van der Waals surface area (Å²) in [6.45, 7) is 0. The molecule has 31 heavy (non-hydrogen) atoms. The Morgan fingerprint density at radius 1 is 1.10 bits per heavy atom. The highest BCUT2D eigenvalue weighted by Gasteiger charge is 2.34. The lowest BCUT2D eigenvalue weighted by atomic mass is 10.1. The lowest BCUT2D eigenvalue weighted by Crippen LogP contribution is -2.18. The lowest BCUT2D eigenvalue weighted by Gasteiger charge is -2.19. The molecule has 0 spiro atoms. The summed E-state index contributed by atoms with van der Waals surface area (Å²) in [5, 5.41) is -1.28. The van der Waals surface area contributed by atoms with Crippen molar-refractivity contribution in [2.75, 3.05) is 7.11 Å². The molecule has 2 aromatic carbocycles. The maximum absolute atomic E-state index is 14.6. The molecule has 9 heteroatoms. The first-order valence-corrected chi connectivity index (χ1v) is 10.8. The van der Waals surface area contributed by atoms with E-state index < -0.39 is 32.7 Å². The van der Waals surface area contributed by atoms with Crippen molar-refractivity contribution in [1.82, 2.24) is 4.98 Å². The van der Waals surface area contributed by atoms with Gasteiger partial charge in [-0.25, -0.2) is 22.0 Å². The van der Waals surface area contributed by atoms with Crippen LogP contribution in [0.2, 0.25) is 5.02 Å². The molecule has 0 aliphatic rings. The third-order valence-electron chi connectivity index (χ3n) is 4.38. The topological polar surface area (TPSA) is 73.3 Å². The molecule has 0 amide bonds. The molecule has 1 unspecified atom stereocenters. The second kappa shape index (κ2) is 9.36. The number of sulfone groups is 1. The van der Waals surface area contributed by atoms with E-state index in [1.165, 1.54) is 61.9 Å². The Hall–Kier alpha value is -3.10. The number of ether oxygens (including phenoxy) is 1. The predicted molar refractivity (Wildman–Crippen MR) is 112 cm³/mol. The van der Waals surface area contributed by atoms with Crippen LogP contribution < -0.4 is 0 Å². The zero-order valence-corrected chi connectivity index (χ0v) is 17.7. The van der Waals surface area contributed by atoms with Crippen LogP contribution in [0, 0.1) is 11.6 Å². The fraction of sp³-hybridized carbons (Fsp3) is 0.0909. The predicted octanol–water partition coefficient (Wildman–Crippen LogP) is 4.76. The van der Waals surface area contributed by atoms with Gasteiger partial charge in [-0.2, -0.15) is 0 Å². The number of methoxy groups -OCH3 is 1. The van der Waals surface area contributed by atoms with E-state index in [1.807, 2.05) is 0 Å². The Kier molecular flexibility index (Phi) is 6.82. The Morgan fingerprint density at radius 2 is 1.81 bits per heavy atom. The average Bonchev–Trinajstić information content (AvgIpc) is 2.75. The zero-order valence-electron chi connectivity index (χ0n) is 16.1. The molecule has 0 fully saturated rings. The Morgan fingerprint density at radius 3 is 2.42 bits per heavy atom. The molecule has 5 nitrogen and oxygen atoms in total. The van der Waals surface area contributed by atoms with Gasteiger partial charge in [0.2, 0.25) is 0 Å². The van der Waals surface area contributed by atoms with Crippen LogP contribution in [0.4, 0.5) is 8.78 Å².